The first-order chi connectivity index (χ1) is 6.95. The van der Waals surface area contributed by atoms with Gasteiger partial charge in [0.1, 0.15) is 0 Å². The molecular weight excluding hydrogens is 188 g/mol. The predicted octanol–water partition coefficient (Wildman–Crippen LogP) is 1.08. The Bertz CT molecular complexity index is 192. The highest BCUT2D eigenvalue weighted by molar-refractivity contribution is 4.88. The third-order valence-corrected chi connectivity index (χ3v) is 2.87. The lowest BCUT2D eigenvalue weighted by Crippen LogP contribution is -2.55. The monoisotopic (exact) mass is 214 g/mol. The van der Waals surface area contributed by atoms with Gasteiger partial charge < -0.3 is 15.3 Å². The number of rotatable bonds is 7. The van der Waals surface area contributed by atoms with Gasteiger partial charge in [-0.1, -0.05) is 13.8 Å². The topological polar surface area (TPSA) is 35.5 Å². The van der Waals surface area contributed by atoms with Gasteiger partial charge in [0, 0.05) is 19.1 Å². The lowest BCUT2D eigenvalue weighted by atomic mass is 10.0. The van der Waals surface area contributed by atoms with Crippen molar-refractivity contribution in [2.75, 3.05) is 26.7 Å². The minimum absolute atomic E-state index is 0.169. The van der Waals surface area contributed by atoms with Gasteiger partial charge >= 0.3 is 0 Å². The Balaban J connectivity index is 2.35. The fraction of sp³-hybridized carbons (Fsp3) is 1.00. The van der Waals surface area contributed by atoms with E-state index in [1.54, 1.807) is 0 Å². The van der Waals surface area contributed by atoms with Crippen molar-refractivity contribution < 1.29 is 5.11 Å². The first-order valence-corrected chi connectivity index (χ1v) is 6.02. The number of aliphatic hydroxyl groups excluding tert-OH is 1. The second kappa shape index (κ2) is 5.28. The number of nitrogens with one attached hydrogen (secondary N) is 1. The molecule has 1 atom stereocenters. The summed E-state index contributed by atoms with van der Waals surface area (Å²) in [6.07, 6.45) is 2.77. The molecule has 0 heterocycles. The van der Waals surface area contributed by atoms with E-state index in [-0.39, 0.29) is 12.1 Å². The van der Waals surface area contributed by atoms with E-state index in [1.807, 2.05) is 0 Å². The summed E-state index contributed by atoms with van der Waals surface area (Å²) in [4.78, 5) is 2.34. The van der Waals surface area contributed by atoms with Crippen molar-refractivity contribution in [2.24, 2.45) is 5.92 Å². The minimum Gasteiger partial charge on any atom is -0.394 e. The van der Waals surface area contributed by atoms with Crippen molar-refractivity contribution in [1.29, 1.82) is 0 Å². The van der Waals surface area contributed by atoms with Gasteiger partial charge in [-0.15, -0.1) is 0 Å². The normalized spacial score (nSPS) is 21.0. The Hall–Kier alpha value is -0.120. The highest BCUT2D eigenvalue weighted by Gasteiger charge is 2.29. The Kier molecular flexibility index (Phi) is 4.56. The molecule has 15 heavy (non-hydrogen) atoms. The number of hydrogen-bond donors (Lipinski definition) is 2. The molecule has 0 aliphatic heterocycles. The molecule has 0 saturated heterocycles. The lowest BCUT2D eigenvalue weighted by molar-refractivity contribution is 0.123. The molecule has 0 amide bonds. The van der Waals surface area contributed by atoms with Crippen LogP contribution in [0.1, 0.15) is 33.6 Å². The molecule has 0 bridgehead atoms. The van der Waals surface area contributed by atoms with Crippen LogP contribution < -0.4 is 5.32 Å². The van der Waals surface area contributed by atoms with E-state index in [2.05, 4.69) is 38.0 Å². The third-order valence-electron chi connectivity index (χ3n) is 2.87. The van der Waals surface area contributed by atoms with E-state index in [9.17, 15) is 5.11 Å². The van der Waals surface area contributed by atoms with Gasteiger partial charge in [-0.05, 0) is 32.7 Å². The molecule has 1 fully saturated rings. The average Bonchev–Trinajstić information content (AvgIpc) is 2.86. The molecular formula is C12H26N2O. The molecule has 1 rings (SSSR count). The summed E-state index contributed by atoms with van der Waals surface area (Å²) in [7, 11) is 2.15. The molecule has 0 radical (unpaired) electrons. The van der Waals surface area contributed by atoms with Gasteiger partial charge in [-0.25, -0.2) is 0 Å². The Morgan fingerprint density at radius 3 is 2.47 bits per heavy atom. The van der Waals surface area contributed by atoms with E-state index in [4.69, 9.17) is 0 Å². The van der Waals surface area contributed by atoms with Gasteiger partial charge in [-0.3, -0.25) is 0 Å². The summed E-state index contributed by atoms with van der Waals surface area (Å²) < 4.78 is 0. The fourth-order valence-electron chi connectivity index (χ4n) is 2.24. The highest BCUT2D eigenvalue weighted by Crippen LogP contribution is 2.29. The molecule has 1 aliphatic rings. The molecule has 0 spiro atoms. The zero-order chi connectivity index (χ0) is 11.5. The summed E-state index contributed by atoms with van der Waals surface area (Å²) >= 11 is 0. The van der Waals surface area contributed by atoms with Crippen LogP contribution in [-0.2, 0) is 0 Å². The SMILES string of the molecule is CC(C)NC(C)(CO)CN(C)CC1CC1. The number of hydrogen-bond acceptors (Lipinski definition) is 3. The Morgan fingerprint density at radius 1 is 1.47 bits per heavy atom. The van der Waals surface area contributed by atoms with Crippen LogP contribution in [0.15, 0.2) is 0 Å². The van der Waals surface area contributed by atoms with Gasteiger partial charge in [0.05, 0.1) is 12.1 Å². The maximum Gasteiger partial charge on any atom is 0.0623 e. The summed E-state index contributed by atoms with van der Waals surface area (Å²) in [5.74, 6) is 0.914. The van der Waals surface area contributed by atoms with Crippen molar-refractivity contribution in [3.8, 4) is 0 Å². The summed E-state index contributed by atoms with van der Waals surface area (Å²) in [6, 6.07) is 0.413. The maximum atomic E-state index is 9.44. The van der Waals surface area contributed by atoms with Crippen molar-refractivity contribution >= 4 is 0 Å². The molecule has 1 unspecified atom stereocenters. The second-order valence-corrected chi connectivity index (χ2v) is 5.66. The maximum absolute atomic E-state index is 9.44. The second-order valence-electron chi connectivity index (χ2n) is 5.66. The molecule has 3 heteroatoms. The van der Waals surface area contributed by atoms with Gasteiger partial charge in [-0.2, -0.15) is 0 Å². The van der Waals surface area contributed by atoms with Crippen LogP contribution in [0.2, 0.25) is 0 Å². The van der Waals surface area contributed by atoms with Crippen molar-refractivity contribution in [1.82, 2.24) is 10.2 Å². The van der Waals surface area contributed by atoms with Gasteiger partial charge in [0.25, 0.3) is 0 Å². The summed E-state index contributed by atoms with van der Waals surface area (Å²) in [5, 5.41) is 12.9. The molecule has 0 aromatic heterocycles. The van der Waals surface area contributed by atoms with E-state index < -0.39 is 0 Å². The number of likely N-dealkylation sites (N-methyl/N-ethyl adjacent to an activating group) is 1. The van der Waals surface area contributed by atoms with Crippen molar-refractivity contribution in [2.45, 2.75) is 45.2 Å². The zero-order valence-electron chi connectivity index (χ0n) is 10.6. The molecule has 0 aromatic carbocycles. The lowest BCUT2D eigenvalue weighted by Gasteiger charge is -2.35. The van der Waals surface area contributed by atoms with E-state index in [1.165, 1.54) is 19.4 Å². The van der Waals surface area contributed by atoms with Gasteiger partial charge in [0.2, 0.25) is 0 Å². The van der Waals surface area contributed by atoms with E-state index in [0.29, 0.717) is 6.04 Å². The van der Waals surface area contributed by atoms with Crippen molar-refractivity contribution in [3.05, 3.63) is 0 Å². The van der Waals surface area contributed by atoms with Crippen LogP contribution in [0.3, 0.4) is 0 Å². The van der Waals surface area contributed by atoms with Crippen LogP contribution in [0.25, 0.3) is 0 Å². The minimum atomic E-state index is -0.169. The molecule has 3 nitrogen and oxygen atoms in total. The van der Waals surface area contributed by atoms with Crippen LogP contribution in [0.4, 0.5) is 0 Å². The van der Waals surface area contributed by atoms with E-state index in [0.717, 1.165) is 12.5 Å². The Morgan fingerprint density at radius 2 is 2.07 bits per heavy atom. The van der Waals surface area contributed by atoms with Gasteiger partial charge in [0.15, 0.2) is 0 Å². The fourth-order valence-corrected chi connectivity index (χ4v) is 2.24. The van der Waals surface area contributed by atoms with E-state index >= 15 is 0 Å². The van der Waals surface area contributed by atoms with Crippen LogP contribution in [-0.4, -0.2) is 48.3 Å². The molecule has 2 N–H and O–H groups in total. The smallest absolute Gasteiger partial charge is 0.0623 e. The van der Waals surface area contributed by atoms with Crippen LogP contribution >= 0.6 is 0 Å². The number of aliphatic hydroxyl groups is 1. The summed E-state index contributed by atoms with van der Waals surface area (Å²) in [5.41, 5.74) is -0.169. The first-order valence-electron chi connectivity index (χ1n) is 6.02. The first kappa shape index (κ1) is 12.9. The summed E-state index contributed by atoms with van der Waals surface area (Å²) in [6.45, 7) is 8.62. The molecule has 90 valence electrons. The van der Waals surface area contributed by atoms with Crippen LogP contribution in [0.5, 0.6) is 0 Å². The average molecular weight is 214 g/mol. The predicted molar refractivity (Wildman–Crippen MR) is 64.0 cm³/mol. The standard InChI is InChI=1S/C12H26N2O/c1-10(2)13-12(3,9-15)8-14(4)7-11-5-6-11/h10-11,13,15H,5-9H2,1-4H3. The highest BCUT2D eigenvalue weighted by atomic mass is 16.3. The van der Waals surface area contributed by atoms with Crippen LogP contribution in [0, 0.1) is 5.92 Å². The largest absolute Gasteiger partial charge is 0.394 e. The zero-order valence-corrected chi connectivity index (χ0v) is 10.6. The quantitative estimate of drug-likeness (QED) is 0.665. The van der Waals surface area contributed by atoms with Crippen molar-refractivity contribution in [3.63, 3.8) is 0 Å². The molecule has 0 aromatic rings. The Labute approximate surface area is 93.9 Å². The molecule has 1 saturated carbocycles. The molecule has 1 aliphatic carbocycles. The third kappa shape index (κ3) is 4.96. The number of nitrogens with zero attached hydrogens (tertiary/aromatic N) is 1.